The lowest BCUT2D eigenvalue weighted by molar-refractivity contribution is 0.0547. The summed E-state index contributed by atoms with van der Waals surface area (Å²) in [6.45, 7) is 7.11. The zero-order valence-corrected chi connectivity index (χ0v) is 18.3. The Morgan fingerprint density at radius 2 is 1.85 bits per heavy atom. The molecule has 1 aromatic heterocycles. The lowest BCUT2D eigenvalue weighted by Gasteiger charge is -2.21. The van der Waals surface area contributed by atoms with Crippen molar-refractivity contribution in [1.82, 2.24) is 9.88 Å². The molecule has 4 nitrogen and oxygen atoms in total. The summed E-state index contributed by atoms with van der Waals surface area (Å²) in [5, 5.41) is 5.16. The second-order valence-corrected chi connectivity index (χ2v) is 9.14. The minimum absolute atomic E-state index is 0.369. The summed E-state index contributed by atoms with van der Waals surface area (Å²) < 4.78 is 8.46. The zero-order chi connectivity index (χ0) is 19.3. The number of carbonyl (C=O) groups excluding carboxylic acids is 1. The molecule has 1 N–H and O–H groups in total. The van der Waals surface area contributed by atoms with Gasteiger partial charge in [0.05, 0.1) is 11.2 Å². The van der Waals surface area contributed by atoms with Crippen LogP contribution in [0.2, 0.25) is 5.02 Å². The Hall–Kier alpha value is -1.57. The molecule has 0 aliphatic carbocycles. The van der Waals surface area contributed by atoms with Gasteiger partial charge in [-0.05, 0) is 66.6 Å². The molecular weight excluding hydrogens is 475 g/mol. The first kappa shape index (κ1) is 18.8. The number of benzene rings is 2. The Bertz CT molecular complexity index is 1070. The SMILES string of the molecule is CC(C)(C)OC(=O)n1c(-c2ccc(Cl)c3c2CNC3)c(I)c2ccccc21. The molecule has 1 aliphatic rings. The van der Waals surface area contributed by atoms with E-state index in [1.54, 1.807) is 4.57 Å². The van der Waals surface area contributed by atoms with E-state index in [4.69, 9.17) is 16.3 Å². The predicted octanol–water partition coefficient (Wildman–Crippen LogP) is 5.95. The Kier molecular flexibility index (Phi) is 4.72. The van der Waals surface area contributed by atoms with Crippen molar-refractivity contribution in [1.29, 1.82) is 0 Å². The summed E-state index contributed by atoms with van der Waals surface area (Å²) in [5.41, 5.74) is 4.41. The van der Waals surface area contributed by atoms with Gasteiger partial charge < -0.3 is 10.1 Å². The molecule has 0 saturated heterocycles. The summed E-state index contributed by atoms with van der Waals surface area (Å²) in [6.07, 6.45) is -0.369. The van der Waals surface area contributed by atoms with E-state index in [0.29, 0.717) is 0 Å². The molecule has 3 aromatic rings. The third kappa shape index (κ3) is 3.26. The van der Waals surface area contributed by atoms with E-state index in [2.05, 4.69) is 27.9 Å². The Labute approximate surface area is 177 Å². The van der Waals surface area contributed by atoms with Crippen LogP contribution in [0.15, 0.2) is 36.4 Å². The number of hydrogen-bond donors (Lipinski definition) is 1. The molecule has 6 heteroatoms. The van der Waals surface area contributed by atoms with Crippen molar-refractivity contribution in [2.45, 2.75) is 39.5 Å². The molecule has 0 unspecified atom stereocenters. The molecule has 1 aliphatic heterocycles. The third-order valence-corrected chi connectivity index (χ3v) is 6.07. The van der Waals surface area contributed by atoms with Gasteiger partial charge >= 0.3 is 6.09 Å². The van der Waals surface area contributed by atoms with Crippen molar-refractivity contribution >= 4 is 51.2 Å². The first-order chi connectivity index (χ1) is 12.8. The Balaban J connectivity index is 2.02. The van der Waals surface area contributed by atoms with E-state index in [-0.39, 0.29) is 6.09 Å². The van der Waals surface area contributed by atoms with Crippen LogP contribution >= 0.6 is 34.2 Å². The van der Waals surface area contributed by atoms with Crippen molar-refractivity contribution < 1.29 is 9.53 Å². The van der Waals surface area contributed by atoms with Gasteiger partial charge in [-0.3, -0.25) is 0 Å². The van der Waals surface area contributed by atoms with Crippen LogP contribution in [0.3, 0.4) is 0 Å². The fourth-order valence-electron chi connectivity index (χ4n) is 3.53. The van der Waals surface area contributed by atoms with E-state index in [1.165, 1.54) is 0 Å². The number of fused-ring (bicyclic) bond motifs is 2. The molecule has 0 radical (unpaired) electrons. The lowest BCUT2D eigenvalue weighted by Crippen LogP contribution is -2.27. The third-order valence-electron chi connectivity index (χ3n) is 4.62. The Morgan fingerprint density at radius 1 is 1.15 bits per heavy atom. The smallest absolute Gasteiger partial charge is 0.419 e. The molecule has 2 heterocycles. The van der Waals surface area contributed by atoms with E-state index < -0.39 is 5.60 Å². The number of ether oxygens (including phenoxy) is 1. The minimum atomic E-state index is -0.575. The first-order valence-corrected chi connectivity index (χ1v) is 10.3. The van der Waals surface area contributed by atoms with E-state index in [0.717, 1.165) is 55.0 Å². The molecule has 0 atom stereocenters. The van der Waals surface area contributed by atoms with Crippen molar-refractivity contribution in [3.8, 4) is 11.3 Å². The van der Waals surface area contributed by atoms with Gasteiger partial charge in [0.25, 0.3) is 0 Å². The number of halogens is 2. The van der Waals surface area contributed by atoms with Crippen LogP contribution in [-0.4, -0.2) is 16.3 Å². The average molecular weight is 495 g/mol. The van der Waals surface area contributed by atoms with E-state index in [1.807, 2.05) is 57.2 Å². The number of carbonyl (C=O) groups is 1. The first-order valence-electron chi connectivity index (χ1n) is 8.81. The quantitative estimate of drug-likeness (QED) is 0.425. The molecule has 27 heavy (non-hydrogen) atoms. The summed E-state index contributed by atoms with van der Waals surface area (Å²) in [6, 6.07) is 11.8. The highest BCUT2D eigenvalue weighted by Crippen LogP contribution is 2.40. The van der Waals surface area contributed by atoms with E-state index >= 15 is 0 Å². The number of hydrogen-bond acceptors (Lipinski definition) is 3. The highest BCUT2D eigenvalue weighted by molar-refractivity contribution is 14.1. The second-order valence-electron chi connectivity index (χ2n) is 7.65. The van der Waals surface area contributed by atoms with Gasteiger partial charge in [-0.2, -0.15) is 0 Å². The normalized spacial score (nSPS) is 13.8. The summed E-state index contributed by atoms with van der Waals surface area (Å²) in [5.74, 6) is 0. The van der Waals surface area contributed by atoms with Gasteiger partial charge in [0, 0.05) is 32.6 Å². The van der Waals surface area contributed by atoms with Crippen LogP contribution in [-0.2, 0) is 17.8 Å². The highest BCUT2D eigenvalue weighted by Gasteiger charge is 2.28. The van der Waals surface area contributed by atoms with Crippen LogP contribution in [0, 0.1) is 3.57 Å². The van der Waals surface area contributed by atoms with Gasteiger partial charge in [0.1, 0.15) is 5.60 Å². The van der Waals surface area contributed by atoms with Crippen LogP contribution < -0.4 is 5.32 Å². The van der Waals surface area contributed by atoms with Crippen LogP contribution in [0.5, 0.6) is 0 Å². The van der Waals surface area contributed by atoms with Crippen LogP contribution in [0.4, 0.5) is 4.79 Å². The molecule has 0 saturated carbocycles. The molecule has 2 aromatic carbocycles. The number of rotatable bonds is 1. The molecule has 4 rings (SSSR count). The van der Waals surface area contributed by atoms with Gasteiger partial charge in [0.2, 0.25) is 0 Å². The second kappa shape index (κ2) is 6.79. The largest absolute Gasteiger partial charge is 0.443 e. The Morgan fingerprint density at radius 3 is 2.59 bits per heavy atom. The van der Waals surface area contributed by atoms with Crippen LogP contribution in [0.25, 0.3) is 22.2 Å². The zero-order valence-electron chi connectivity index (χ0n) is 15.4. The highest BCUT2D eigenvalue weighted by atomic mass is 127. The van der Waals surface area contributed by atoms with E-state index in [9.17, 15) is 4.79 Å². The summed E-state index contributed by atoms with van der Waals surface area (Å²) in [4.78, 5) is 13.1. The predicted molar refractivity (Wildman–Crippen MR) is 117 cm³/mol. The van der Waals surface area contributed by atoms with Crippen LogP contribution in [0.1, 0.15) is 31.9 Å². The molecule has 0 fully saturated rings. The van der Waals surface area contributed by atoms with Crippen molar-refractivity contribution in [3.05, 3.63) is 56.1 Å². The molecule has 0 bridgehead atoms. The maximum absolute atomic E-state index is 13.1. The minimum Gasteiger partial charge on any atom is -0.443 e. The number of nitrogens with one attached hydrogen (secondary N) is 1. The van der Waals surface area contributed by atoms with Gasteiger partial charge in [-0.1, -0.05) is 35.9 Å². The topological polar surface area (TPSA) is 43.3 Å². The standard InChI is InChI=1S/C21H20ClIN2O2/c1-21(2,3)27-20(26)25-17-7-5-4-6-13(17)18(23)19(25)12-8-9-16(22)15-11-24-10-14(12)15/h4-9,24H,10-11H2,1-3H3. The molecule has 140 valence electrons. The van der Waals surface area contributed by atoms with Gasteiger partial charge in [-0.25, -0.2) is 9.36 Å². The molecule has 0 spiro atoms. The number of para-hydroxylation sites is 1. The average Bonchev–Trinajstić information content (AvgIpc) is 3.19. The fraction of sp³-hybridized carbons (Fsp3) is 0.286. The maximum atomic E-state index is 13.1. The van der Waals surface area contributed by atoms with Crippen molar-refractivity contribution in [2.24, 2.45) is 0 Å². The van der Waals surface area contributed by atoms with Crippen molar-refractivity contribution in [3.63, 3.8) is 0 Å². The van der Waals surface area contributed by atoms with Gasteiger partial charge in [0.15, 0.2) is 0 Å². The molecular formula is C21H20ClIN2O2. The summed E-state index contributed by atoms with van der Waals surface area (Å²) in [7, 11) is 0. The number of aromatic nitrogens is 1. The van der Waals surface area contributed by atoms with Gasteiger partial charge in [-0.15, -0.1) is 0 Å². The summed E-state index contributed by atoms with van der Waals surface area (Å²) >= 11 is 8.72. The number of nitrogens with zero attached hydrogens (tertiary/aromatic N) is 1. The fourth-order valence-corrected chi connectivity index (χ4v) is 4.76. The molecule has 0 amide bonds. The van der Waals surface area contributed by atoms with Crippen molar-refractivity contribution in [2.75, 3.05) is 0 Å². The maximum Gasteiger partial charge on any atom is 0.419 e. The lowest BCUT2D eigenvalue weighted by atomic mass is 10.0. The monoisotopic (exact) mass is 494 g/mol.